The molecule has 0 aliphatic heterocycles. The molecule has 1 unspecified atom stereocenters. The van der Waals surface area contributed by atoms with E-state index in [2.05, 4.69) is 0 Å². The van der Waals surface area contributed by atoms with Gasteiger partial charge in [-0.25, -0.2) is 0 Å². The Balaban J connectivity index is 2.50. The second-order valence-electron chi connectivity index (χ2n) is 3.28. The summed E-state index contributed by atoms with van der Waals surface area (Å²) in [5.41, 5.74) is 6.09. The van der Waals surface area contributed by atoms with E-state index in [1.807, 2.05) is 6.92 Å². The Morgan fingerprint density at radius 2 is 2.25 bits per heavy atom. The Bertz CT molecular complexity index is 371. The lowest BCUT2D eigenvalue weighted by atomic mass is 10.3. The largest absolute Gasteiger partial charge is 0.398 e. The molecule has 0 spiro atoms. The standard InChI is InChI=1S/C11H16ClNO2S/c1-2-15-6-3-7-16(14)9-4-5-11(13)10(12)8-9/h4-5,8H,2-3,6-7,13H2,1H3. The van der Waals surface area contributed by atoms with E-state index in [-0.39, 0.29) is 0 Å². The van der Waals surface area contributed by atoms with Crippen LogP contribution in [0.15, 0.2) is 23.1 Å². The maximum atomic E-state index is 11.8. The molecule has 0 saturated heterocycles. The first-order chi connectivity index (χ1) is 7.65. The minimum absolute atomic E-state index is 0.454. The third kappa shape index (κ3) is 4.12. The minimum atomic E-state index is -1.03. The predicted octanol–water partition coefficient (Wildman–Crippen LogP) is 2.46. The quantitative estimate of drug-likeness (QED) is 0.632. The first-order valence-electron chi connectivity index (χ1n) is 5.16. The van der Waals surface area contributed by atoms with Gasteiger partial charge in [0.2, 0.25) is 0 Å². The molecule has 0 heterocycles. The van der Waals surface area contributed by atoms with E-state index in [9.17, 15) is 4.21 Å². The number of benzene rings is 1. The third-order valence-corrected chi connectivity index (χ3v) is 3.82. The fourth-order valence-corrected chi connectivity index (χ4v) is 2.53. The molecular formula is C11H16ClNO2S. The van der Waals surface area contributed by atoms with Crippen LogP contribution in [0.2, 0.25) is 5.02 Å². The highest BCUT2D eigenvalue weighted by Gasteiger charge is 2.05. The zero-order chi connectivity index (χ0) is 12.0. The van der Waals surface area contributed by atoms with Crippen LogP contribution in [0.25, 0.3) is 0 Å². The maximum absolute atomic E-state index is 11.8. The topological polar surface area (TPSA) is 52.3 Å². The van der Waals surface area contributed by atoms with Crippen LogP contribution in [0.5, 0.6) is 0 Å². The molecule has 0 aromatic heterocycles. The zero-order valence-corrected chi connectivity index (χ0v) is 10.8. The molecule has 16 heavy (non-hydrogen) atoms. The van der Waals surface area contributed by atoms with Crippen molar-refractivity contribution in [2.45, 2.75) is 18.2 Å². The van der Waals surface area contributed by atoms with E-state index >= 15 is 0 Å². The van der Waals surface area contributed by atoms with Gasteiger partial charge in [-0.05, 0) is 31.5 Å². The highest BCUT2D eigenvalue weighted by molar-refractivity contribution is 7.85. The fraction of sp³-hybridized carbons (Fsp3) is 0.455. The summed E-state index contributed by atoms with van der Waals surface area (Å²) >= 11 is 5.86. The van der Waals surface area contributed by atoms with E-state index in [0.29, 0.717) is 29.7 Å². The molecular weight excluding hydrogens is 246 g/mol. The Labute approximate surface area is 103 Å². The number of halogens is 1. The van der Waals surface area contributed by atoms with Crippen molar-refractivity contribution < 1.29 is 8.95 Å². The maximum Gasteiger partial charge on any atom is 0.0647 e. The van der Waals surface area contributed by atoms with Gasteiger partial charge in [0.05, 0.1) is 21.5 Å². The fourth-order valence-electron chi connectivity index (χ4n) is 1.20. The van der Waals surface area contributed by atoms with Gasteiger partial charge in [-0.15, -0.1) is 0 Å². The van der Waals surface area contributed by atoms with Crippen molar-refractivity contribution in [2.75, 3.05) is 24.7 Å². The molecule has 2 N–H and O–H groups in total. The zero-order valence-electron chi connectivity index (χ0n) is 9.24. The molecule has 0 aliphatic rings. The predicted molar refractivity (Wildman–Crippen MR) is 68.2 cm³/mol. The molecule has 0 bridgehead atoms. The number of rotatable bonds is 6. The summed E-state index contributed by atoms with van der Waals surface area (Å²) in [5.74, 6) is 0.584. The number of nitrogen functional groups attached to an aromatic ring is 1. The van der Waals surface area contributed by atoms with Crippen molar-refractivity contribution in [3.8, 4) is 0 Å². The van der Waals surface area contributed by atoms with Gasteiger partial charge >= 0.3 is 0 Å². The smallest absolute Gasteiger partial charge is 0.0647 e. The van der Waals surface area contributed by atoms with Crippen molar-refractivity contribution >= 4 is 28.1 Å². The SMILES string of the molecule is CCOCCCS(=O)c1ccc(N)c(Cl)c1. The average molecular weight is 262 g/mol. The third-order valence-electron chi connectivity index (χ3n) is 2.06. The number of ether oxygens (including phenoxy) is 1. The molecule has 0 fully saturated rings. The summed E-state index contributed by atoms with van der Waals surface area (Å²) in [6.45, 7) is 3.28. The van der Waals surface area contributed by atoms with Crippen LogP contribution in [0.3, 0.4) is 0 Å². The number of nitrogens with two attached hydrogens (primary N) is 1. The van der Waals surface area contributed by atoms with Crippen molar-refractivity contribution in [1.82, 2.24) is 0 Å². The minimum Gasteiger partial charge on any atom is -0.398 e. The van der Waals surface area contributed by atoms with E-state index < -0.39 is 10.8 Å². The van der Waals surface area contributed by atoms with Crippen LogP contribution in [0.4, 0.5) is 5.69 Å². The summed E-state index contributed by atoms with van der Waals surface area (Å²) in [5, 5.41) is 0.454. The van der Waals surface area contributed by atoms with Gasteiger partial charge in [0.15, 0.2) is 0 Å². The Hall–Kier alpha value is -0.580. The monoisotopic (exact) mass is 261 g/mol. The second kappa shape index (κ2) is 6.89. The lowest BCUT2D eigenvalue weighted by Gasteiger charge is -2.04. The summed E-state index contributed by atoms with van der Waals surface area (Å²) in [4.78, 5) is 0.718. The highest BCUT2D eigenvalue weighted by atomic mass is 35.5. The molecule has 0 amide bonds. The molecule has 1 rings (SSSR count). The second-order valence-corrected chi connectivity index (χ2v) is 5.26. The van der Waals surface area contributed by atoms with Crippen LogP contribution >= 0.6 is 11.6 Å². The normalized spacial score (nSPS) is 12.6. The number of hydrogen-bond donors (Lipinski definition) is 1. The molecule has 0 radical (unpaired) electrons. The average Bonchev–Trinajstić information content (AvgIpc) is 2.28. The van der Waals surface area contributed by atoms with E-state index in [1.54, 1.807) is 18.2 Å². The molecule has 5 heteroatoms. The Kier molecular flexibility index (Phi) is 5.80. The molecule has 1 aromatic rings. The van der Waals surface area contributed by atoms with Crippen LogP contribution in [-0.2, 0) is 15.5 Å². The van der Waals surface area contributed by atoms with Crippen LogP contribution < -0.4 is 5.73 Å². The Morgan fingerprint density at radius 1 is 1.50 bits per heavy atom. The highest BCUT2D eigenvalue weighted by Crippen LogP contribution is 2.21. The summed E-state index contributed by atoms with van der Waals surface area (Å²) < 4.78 is 17.0. The van der Waals surface area contributed by atoms with Gasteiger partial charge in [0.25, 0.3) is 0 Å². The molecule has 1 atom stereocenters. The molecule has 1 aromatic carbocycles. The Morgan fingerprint density at radius 3 is 2.88 bits per heavy atom. The van der Waals surface area contributed by atoms with Crippen molar-refractivity contribution in [1.29, 1.82) is 0 Å². The lowest BCUT2D eigenvalue weighted by molar-refractivity contribution is 0.149. The molecule has 0 saturated carbocycles. The van der Waals surface area contributed by atoms with Gasteiger partial charge in [-0.2, -0.15) is 0 Å². The number of hydrogen-bond acceptors (Lipinski definition) is 3. The van der Waals surface area contributed by atoms with Gasteiger partial charge in [0, 0.05) is 23.9 Å². The molecule has 3 nitrogen and oxygen atoms in total. The van der Waals surface area contributed by atoms with Crippen molar-refractivity contribution in [3.63, 3.8) is 0 Å². The van der Waals surface area contributed by atoms with Crippen LogP contribution in [0, 0.1) is 0 Å². The lowest BCUT2D eigenvalue weighted by Crippen LogP contribution is -2.03. The van der Waals surface area contributed by atoms with Crippen LogP contribution in [-0.4, -0.2) is 23.2 Å². The summed E-state index contributed by atoms with van der Waals surface area (Å²) in [7, 11) is -1.03. The summed E-state index contributed by atoms with van der Waals surface area (Å²) in [6, 6.07) is 5.09. The van der Waals surface area contributed by atoms with Crippen molar-refractivity contribution in [2.24, 2.45) is 0 Å². The number of anilines is 1. The van der Waals surface area contributed by atoms with E-state index in [1.165, 1.54) is 0 Å². The van der Waals surface area contributed by atoms with E-state index in [4.69, 9.17) is 22.1 Å². The first kappa shape index (κ1) is 13.5. The van der Waals surface area contributed by atoms with Gasteiger partial charge in [0.1, 0.15) is 0 Å². The van der Waals surface area contributed by atoms with Gasteiger partial charge < -0.3 is 10.5 Å². The van der Waals surface area contributed by atoms with Gasteiger partial charge in [-0.3, -0.25) is 4.21 Å². The van der Waals surface area contributed by atoms with Gasteiger partial charge in [-0.1, -0.05) is 11.6 Å². The molecule has 0 aliphatic carbocycles. The van der Waals surface area contributed by atoms with Crippen LogP contribution in [0.1, 0.15) is 13.3 Å². The molecule has 90 valence electrons. The summed E-state index contributed by atoms with van der Waals surface area (Å²) in [6.07, 6.45) is 0.780. The first-order valence-corrected chi connectivity index (χ1v) is 6.86. The van der Waals surface area contributed by atoms with E-state index in [0.717, 1.165) is 11.3 Å². The van der Waals surface area contributed by atoms with Crippen molar-refractivity contribution in [3.05, 3.63) is 23.2 Å².